The highest BCUT2D eigenvalue weighted by atomic mass is 31.2. The lowest BCUT2D eigenvalue weighted by molar-refractivity contribution is 0.592. The number of fused-ring (bicyclic) bond motifs is 12. The van der Waals surface area contributed by atoms with Crippen LogP contribution < -0.4 is 15.9 Å². The van der Waals surface area contributed by atoms with Crippen LogP contribution in [0.15, 0.2) is 224 Å². The van der Waals surface area contributed by atoms with Crippen LogP contribution >= 0.6 is 7.14 Å². The van der Waals surface area contributed by atoms with E-state index in [1.807, 2.05) is 60.7 Å². The molecule has 3 aliphatic carbocycles. The number of hydrogen-bond acceptors (Lipinski definition) is 1. The summed E-state index contributed by atoms with van der Waals surface area (Å²) in [6.45, 7) is 0. The summed E-state index contributed by atoms with van der Waals surface area (Å²) < 4.78 is 15.3. The first-order valence-electron chi connectivity index (χ1n) is 20.1. The molecule has 2 atom stereocenters. The average molecular weight is 757 g/mol. The predicted octanol–water partition coefficient (Wildman–Crippen LogP) is 12.0. The molecule has 2 heteroatoms. The molecular weight excluding hydrogens is 720 g/mol. The van der Waals surface area contributed by atoms with E-state index < -0.39 is 18.0 Å². The Balaban J connectivity index is 1.12. The van der Waals surface area contributed by atoms with E-state index >= 15 is 4.57 Å². The molecule has 58 heavy (non-hydrogen) atoms. The van der Waals surface area contributed by atoms with E-state index in [1.54, 1.807) is 0 Å². The highest BCUT2D eigenvalue weighted by Crippen LogP contribution is 2.69. The minimum Gasteiger partial charge on any atom is -0.309 e. The van der Waals surface area contributed by atoms with Crippen LogP contribution in [-0.2, 0) is 15.4 Å². The standard InChI is InChI=1S/C56H37OP/c57-58(40-20-6-2-7-21-40,41-22-8-3-9-23-41)42-36-34-38(35-37-42)43-26-16-32-51-53(43)46-25-11-13-29-48(46)56(51)50-31-15-14-30-49(50)55(39-18-4-1-5-19-39)47-28-12-10-24-44(47)45-27-17-33-52(56)54(45)55/h1-37H. The van der Waals surface area contributed by atoms with Crippen molar-refractivity contribution in [3.05, 3.63) is 269 Å². The van der Waals surface area contributed by atoms with Crippen molar-refractivity contribution in [2.24, 2.45) is 0 Å². The topological polar surface area (TPSA) is 17.1 Å². The first-order chi connectivity index (χ1) is 28.7. The lowest BCUT2D eigenvalue weighted by Crippen LogP contribution is -2.43. The third kappa shape index (κ3) is 4.14. The molecule has 272 valence electrons. The quantitative estimate of drug-likeness (QED) is 0.160. The summed E-state index contributed by atoms with van der Waals surface area (Å²) in [6.07, 6.45) is 0. The lowest BCUT2D eigenvalue weighted by Gasteiger charge is -2.48. The minimum absolute atomic E-state index is 0.470. The first-order valence-corrected chi connectivity index (χ1v) is 21.8. The van der Waals surface area contributed by atoms with Crippen LogP contribution in [0.1, 0.15) is 44.5 Å². The van der Waals surface area contributed by atoms with E-state index in [1.165, 1.54) is 72.3 Å². The monoisotopic (exact) mass is 756 g/mol. The molecule has 1 nitrogen and oxygen atoms in total. The van der Waals surface area contributed by atoms with E-state index in [-0.39, 0.29) is 0 Å². The van der Waals surface area contributed by atoms with E-state index in [4.69, 9.17) is 0 Å². The van der Waals surface area contributed by atoms with Crippen molar-refractivity contribution in [3.8, 4) is 33.4 Å². The molecule has 0 saturated carbocycles. The Bertz CT molecular complexity index is 3090. The summed E-state index contributed by atoms with van der Waals surface area (Å²) in [5.41, 5.74) is 17.0. The fraction of sp³-hybridized carbons (Fsp3) is 0.0357. The zero-order valence-electron chi connectivity index (χ0n) is 31.7. The van der Waals surface area contributed by atoms with Crippen LogP contribution in [-0.4, -0.2) is 0 Å². The highest BCUT2D eigenvalue weighted by molar-refractivity contribution is 7.85. The highest BCUT2D eigenvalue weighted by Gasteiger charge is 2.59. The zero-order valence-corrected chi connectivity index (χ0v) is 32.6. The second-order valence-electron chi connectivity index (χ2n) is 15.8. The molecule has 3 aliphatic rings. The van der Waals surface area contributed by atoms with Gasteiger partial charge in [0.1, 0.15) is 0 Å². The van der Waals surface area contributed by atoms with Crippen molar-refractivity contribution in [2.45, 2.75) is 10.8 Å². The number of rotatable bonds is 5. The maximum absolute atomic E-state index is 15.3. The number of benzene rings is 9. The minimum atomic E-state index is -3.12. The maximum atomic E-state index is 15.3. The van der Waals surface area contributed by atoms with E-state index in [0.29, 0.717) is 0 Å². The normalized spacial score (nSPS) is 17.9. The molecule has 0 radical (unpaired) electrons. The Morgan fingerprint density at radius 3 is 1.36 bits per heavy atom. The van der Waals surface area contributed by atoms with Gasteiger partial charge in [0.25, 0.3) is 0 Å². The van der Waals surface area contributed by atoms with E-state index in [9.17, 15) is 0 Å². The molecule has 0 aromatic heterocycles. The van der Waals surface area contributed by atoms with Gasteiger partial charge >= 0.3 is 0 Å². The fourth-order valence-electron chi connectivity index (χ4n) is 11.1. The van der Waals surface area contributed by atoms with Crippen LogP contribution in [0, 0.1) is 0 Å². The predicted molar refractivity (Wildman–Crippen MR) is 239 cm³/mol. The smallest absolute Gasteiger partial charge is 0.171 e. The largest absolute Gasteiger partial charge is 0.309 e. The molecule has 12 rings (SSSR count). The van der Waals surface area contributed by atoms with E-state index in [2.05, 4.69) is 164 Å². The lowest BCUT2D eigenvalue weighted by atomic mass is 9.52. The summed E-state index contributed by atoms with van der Waals surface area (Å²) >= 11 is 0. The van der Waals surface area contributed by atoms with Gasteiger partial charge in [-0.2, -0.15) is 0 Å². The third-order valence-corrected chi connectivity index (χ3v) is 16.3. The van der Waals surface area contributed by atoms with Crippen molar-refractivity contribution < 1.29 is 4.57 Å². The number of hydrogen-bond donors (Lipinski definition) is 0. The van der Waals surface area contributed by atoms with Gasteiger partial charge in [0.05, 0.1) is 10.8 Å². The molecule has 1 spiro atoms. The van der Waals surface area contributed by atoms with E-state index in [0.717, 1.165) is 21.5 Å². The average Bonchev–Trinajstić information content (AvgIpc) is 3.78. The van der Waals surface area contributed by atoms with Gasteiger partial charge in [-0.1, -0.05) is 224 Å². The van der Waals surface area contributed by atoms with Gasteiger partial charge in [0, 0.05) is 15.9 Å². The van der Waals surface area contributed by atoms with Gasteiger partial charge in [0.2, 0.25) is 0 Å². The van der Waals surface area contributed by atoms with Crippen LogP contribution in [0.2, 0.25) is 0 Å². The van der Waals surface area contributed by atoms with Crippen molar-refractivity contribution in [3.63, 3.8) is 0 Å². The van der Waals surface area contributed by atoms with Gasteiger partial charge in [0.15, 0.2) is 7.14 Å². The zero-order chi connectivity index (χ0) is 38.5. The second-order valence-corrected chi connectivity index (χ2v) is 18.6. The van der Waals surface area contributed by atoms with Crippen molar-refractivity contribution >= 4 is 23.1 Å². The Morgan fingerprint density at radius 2 is 0.724 bits per heavy atom. The molecule has 0 bridgehead atoms. The van der Waals surface area contributed by atoms with Crippen LogP contribution in [0.5, 0.6) is 0 Å². The third-order valence-electron chi connectivity index (χ3n) is 13.3. The molecule has 9 aromatic rings. The van der Waals surface area contributed by atoms with Gasteiger partial charge in [-0.25, -0.2) is 0 Å². The Morgan fingerprint density at radius 1 is 0.293 bits per heavy atom. The van der Waals surface area contributed by atoms with Gasteiger partial charge in [-0.05, 0) is 77.9 Å². The van der Waals surface area contributed by atoms with Crippen LogP contribution in [0.25, 0.3) is 33.4 Å². The summed E-state index contributed by atoms with van der Waals surface area (Å²) in [5, 5.41) is 2.51. The summed E-state index contributed by atoms with van der Waals surface area (Å²) in [6, 6.07) is 80.9. The Hall–Kier alpha value is -6.79. The maximum Gasteiger partial charge on any atom is 0.171 e. The first kappa shape index (κ1) is 33.4. The molecule has 0 heterocycles. The van der Waals surface area contributed by atoms with Gasteiger partial charge in [-0.15, -0.1) is 0 Å². The summed E-state index contributed by atoms with van der Waals surface area (Å²) in [4.78, 5) is 0. The second kappa shape index (κ2) is 12.4. The summed E-state index contributed by atoms with van der Waals surface area (Å²) in [7, 11) is -3.12. The molecule has 0 fully saturated rings. The Kier molecular flexibility index (Phi) is 7.11. The molecule has 0 amide bonds. The molecule has 9 aromatic carbocycles. The van der Waals surface area contributed by atoms with Crippen molar-refractivity contribution in [2.75, 3.05) is 0 Å². The Labute approximate surface area is 339 Å². The summed E-state index contributed by atoms with van der Waals surface area (Å²) in [5.74, 6) is 0. The molecule has 0 N–H and O–H groups in total. The molecule has 2 unspecified atom stereocenters. The van der Waals surface area contributed by atoms with Crippen LogP contribution in [0.4, 0.5) is 0 Å². The molecule has 0 saturated heterocycles. The van der Waals surface area contributed by atoms with Gasteiger partial charge < -0.3 is 4.57 Å². The van der Waals surface area contributed by atoms with Gasteiger partial charge in [-0.3, -0.25) is 0 Å². The molecular formula is C56H37OP. The SMILES string of the molecule is O=P(c1ccccc1)(c1ccccc1)c1ccc(-c2cccc3c2-c2ccccc2C32c3ccccc3C3(c4ccccc4)c4ccccc4-c4cccc2c43)cc1. The van der Waals surface area contributed by atoms with Crippen molar-refractivity contribution in [1.82, 2.24) is 0 Å². The molecule has 0 aliphatic heterocycles. The fourth-order valence-corrected chi connectivity index (χ4v) is 13.7. The van der Waals surface area contributed by atoms with Crippen molar-refractivity contribution in [1.29, 1.82) is 0 Å². The van der Waals surface area contributed by atoms with Crippen LogP contribution in [0.3, 0.4) is 0 Å².